The minimum Gasteiger partial charge on any atom is -0.496 e. The highest BCUT2D eigenvalue weighted by Gasteiger charge is 2.17. The van der Waals surface area contributed by atoms with Gasteiger partial charge in [0.2, 0.25) is 0 Å². The smallest absolute Gasteiger partial charge is 0.253 e. The van der Waals surface area contributed by atoms with E-state index in [1.807, 2.05) is 24.3 Å². The number of carbonyl (C=O) groups excluding carboxylic acids is 1. The number of para-hydroxylation sites is 1. The molecule has 3 rings (SSSR count). The second-order valence-corrected chi connectivity index (χ2v) is 5.66. The van der Waals surface area contributed by atoms with Crippen LogP contribution in [0.25, 0.3) is 5.69 Å². The Bertz CT molecular complexity index is 898. The van der Waals surface area contributed by atoms with Gasteiger partial charge >= 0.3 is 0 Å². The molecule has 0 unspecified atom stereocenters. The van der Waals surface area contributed by atoms with Crippen LogP contribution in [0.1, 0.15) is 15.9 Å². The lowest BCUT2D eigenvalue weighted by atomic mass is 10.1. The molecule has 0 fully saturated rings. The Morgan fingerprint density at radius 1 is 1.04 bits per heavy atom. The Morgan fingerprint density at radius 3 is 2.33 bits per heavy atom. The Kier molecular flexibility index (Phi) is 5.61. The SMILES string of the molecule is COc1cc(OC)c(CNC(=O)c2ccccc2-n2cccn2)c(OC)c1. The summed E-state index contributed by atoms with van der Waals surface area (Å²) in [7, 11) is 4.70. The molecule has 0 aliphatic heterocycles. The molecule has 1 N–H and O–H groups in total. The quantitative estimate of drug-likeness (QED) is 0.695. The van der Waals surface area contributed by atoms with Crippen LogP contribution in [-0.2, 0) is 6.54 Å². The van der Waals surface area contributed by atoms with E-state index in [4.69, 9.17) is 14.2 Å². The fourth-order valence-corrected chi connectivity index (χ4v) is 2.79. The van der Waals surface area contributed by atoms with Crippen LogP contribution in [0.5, 0.6) is 17.2 Å². The van der Waals surface area contributed by atoms with Gasteiger partial charge in [-0.1, -0.05) is 12.1 Å². The van der Waals surface area contributed by atoms with Gasteiger partial charge in [0.25, 0.3) is 5.91 Å². The summed E-state index contributed by atoms with van der Waals surface area (Å²) in [5.41, 5.74) is 1.95. The standard InChI is InChI=1S/C20H21N3O4/c1-25-14-11-18(26-2)16(19(12-14)27-3)13-21-20(24)15-7-4-5-8-17(15)23-10-6-9-22-23/h4-12H,13H2,1-3H3,(H,21,24). The Morgan fingerprint density at radius 2 is 1.74 bits per heavy atom. The first-order chi connectivity index (χ1) is 13.2. The summed E-state index contributed by atoms with van der Waals surface area (Å²) in [5, 5.41) is 7.13. The molecule has 0 saturated heterocycles. The molecule has 7 nitrogen and oxygen atoms in total. The van der Waals surface area contributed by atoms with E-state index in [2.05, 4.69) is 10.4 Å². The summed E-state index contributed by atoms with van der Waals surface area (Å²) < 4.78 is 17.8. The van der Waals surface area contributed by atoms with Crippen LogP contribution in [0.2, 0.25) is 0 Å². The number of nitrogens with zero attached hydrogens (tertiary/aromatic N) is 2. The van der Waals surface area contributed by atoms with Crippen LogP contribution in [0.15, 0.2) is 54.9 Å². The average molecular weight is 367 g/mol. The molecule has 0 bridgehead atoms. The van der Waals surface area contributed by atoms with Crippen molar-refractivity contribution in [1.29, 1.82) is 0 Å². The van der Waals surface area contributed by atoms with Crippen LogP contribution in [0.3, 0.4) is 0 Å². The van der Waals surface area contributed by atoms with E-state index in [1.54, 1.807) is 56.6 Å². The minimum absolute atomic E-state index is 0.221. The van der Waals surface area contributed by atoms with Gasteiger partial charge in [0.05, 0.1) is 44.7 Å². The highest BCUT2D eigenvalue weighted by Crippen LogP contribution is 2.34. The number of ether oxygens (including phenoxy) is 3. The van der Waals surface area contributed by atoms with Crippen LogP contribution < -0.4 is 19.5 Å². The fraction of sp³-hybridized carbons (Fsp3) is 0.200. The van der Waals surface area contributed by atoms with E-state index in [-0.39, 0.29) is 12.5 Å². The van der Waals surface area contributed by atoms with E-state index in [0.29, 0.717) is 28.5 Å². The molecule has 0 aliphatic carbocycles. The Labute approximate surface area is 157 Å². The normalized spacial score (nSPS) is 10.3. The number of carbonyl (C=O) groups is 1. The number of methoxy groups -OCH3 is 3. The van der Waals surface area contributed by atoms with Crippen molar-refractivity contribution >= 4 is 5.91 Å². The predicted molar refractivity (Wildman–Crippen MR) is 101 cm³/mol. The maximum Gasteiger partial charge on any atom is 0.253 e. The molecular weight excluding hydrogens is 346 g/mol. The molecular formula is C20H21N3O4. The number of hydrogen-bond acceptors (Lipinski definition) is 5. The van der Waals surface area contributed by atoms with Crippen molar-refractivity contribution in [2.45, 2.75) is 6.54 Å². The average Bonchev–Trinajstić information content (AvgIpc) is 3.26. The van der Waals surface area contributed by atoms with Crippen LogP contribution in [-0.4, -0.2) is 37.0 Å². The van der Waals surface area contributed by atoms with Gasteiger partial charge < -0.3 is 19.5 Å². The summed E-state index contributed by atoms with van der Waals surface area (Å²) in [5.74, 6) is 1.54. The number of benzene rings is 2. The minimum atomic E-state index is -0.221. The lowest BCUT2D eigenvalue weighted by Crippen LogP contribution is -2.25. The Balaban J connectivity index is 1.85. The lowest BCUT2D eigenvalue weighted by molar-refractivity contribution is 0.0950. The molecule has 7 heteroatoms. The van der Waals surface area contributed by atoms with Gasteiger partial charge in [-0.15, -0.1) is 0 Å². The maximum atomic E-state index is 12.8. The topological polar surface area (TPSA) is 74.6 Å². The first-order valence-corrected chi connectivity index (χ1v) is 8.34. The first-order valence-electron chi connectivity index (χ1n) is 8.34. The van der Waals surface area contributed by atoms with Crippen molar-refractivity contribution in [3.63, 3.8) is 0 Å². The fourth-order valence-electron chi connectivity index (χ4n) is 2.79. The van der Waals surface area contributed by atoms with Crippen molar-refractivity contribution < 1.29 is 19.0 Å². The van der Waals surface area contributed by atoms with E-state index in [0.717, 1.165) is 5.56 Å². The van der Waals surface area contributed by atoms with Crippen molar-refractivity contribution in [1.82, 2.24) is 15.1 Å². The summed E-state index contributed by atoms with van der Waals surface area (Å²) >= 11 is 0. The van der Waals surface area contributed by atoms with Crippen molar-refractivity contribution in [2.75, 3.05) is 21.3 Å². The van der Waals surface area contributed by atoms with Crippen molar-refractivity contribution in [3.8, 4) is 22.9 Å². The molecule has 1 heterocycles. The summed E-state index contributed by atoms with van der Waals surface area (Å²) in [6.45, 7) is 0.239. The second kappa shape index (κ2) is 8.27. The number of rotatable bonds is 7. The zero-order valence-corrected chi connectivity index (χ0v) is 15.4. The van der Waals surface area contributed by atoms with Crippen molar-refractivity contribution in [2.24, 2.45) is 0 Å². The number of aromatic nitrogens is 2. The largest absolute Gasteiger partial charge is 0.496 e. The first kappa shape index (κ1) is 18.3. The number of hydrogen-bond donors (Lipinski definition) is 1. The zero-order valence-electron chi connectivity index (χ0n) is 15.4. The van der Waals surface area contributed by atoms with Gasteiger partial charge in [-0.3, -0.25) is 4.79 Å². The molecule has 1 aromatic heterocycles. The Hall–Kier alpha value is -3.48. The lowest BCUT2D eigenvalue weighted by Gasteiger charge is -2.16. The summed E-state index contributed by atoms with van der Waals surface area (Å²) in [6, 6.07) is 12.6. The third kappa shape index (κ3) is 3.87. The van der Waals surface area contributed by atoms with Gasteiger partial charge in [0.1, 0.15) is 17.2 Å². The molecule has 27 heavy (non-hydrogen) atoms. The highest BCUT2D eigenvalue weighted by molar-refractivity contribution is 5.97. The molecule has 0 aliphatic rings. The molecule has 3 aromatic rings. The predicted octanol–water partition coefficient (Wildman–Crippen LogP) is 2.83. The molecule has 0 radical (unpaired) electrons. The molecule has 140 valence electrons. The molecule has 1 amide bonds. The van der Waals surface area contributed by atoms with E-state index in [1.165, 1.54) is 0 Å². The summed E-state index contributed by atoms with van der Waals surface area (Å²) in [6.07, 6.45) is 3.46. The monoisotopic (exact) mass is 367 g/mol. The van der Waals surface area contributed by atoms with E-state index < -0.39 is 0 Å². The van der Waals surface area contributed by atoms with Gasteiger partial charge in [0, 0.05) is 24.5 Å². The molecule has 2 aromatic carbocycles. The molecule has 0 atom stereocenters. The maximum absolute atomic E-state index is 12.8. The zero-order chi connectivity index (χ0) is 19.2. The van der Waals surface area contributed by atoms with Gasteiger partial charge in [-0.05, 0) is 18.2 Å². The van der Waals surface area contributed by atoms with E-state index in [9.17, 15) is 4.79 Å². The van der Waals surface area contributed by atoms with Crippen LogP contribution in [0, 0.1) is 0 Å². The van der Waals surface area contributed by atoms with Gasteiger partial charge in [-0.2, -0.15) is 5.10 Å². The highest BCUT2D eigenvalue weighted by atomic mass is 16.5. The molecule has 0 saturated carbocycles. The van der Waals surface area contributed by atoms with Crippen LogP contribution >= 0.6 is 0 Å². The third-order valence-electron chi connectivity index (χ3n) is 4.14. The number of nitrogens with one attached hydrogen (secondary N) is 1. The molecule has 0 spiro atoms. The second-order valence-electron chi connectivity index (χ2n) is 5.66. The number of amides is 1. The van der Waals surface area contributed by atoms with Crippen LogP contribution in [0.4, 0.5) is 0 Å². The van der Waals surface area contributed by atoms with E-state index >= 15 is 0 Å². The van der Waals surface area contributed by atoms with Gasteiger partial charge in [-0.25, -0.2) is 4.68 Å². The third-order valence-corrected chi connectivity index (χ3v) is 4.14. The van der Waals surface area contributed by atoms with Gasteiger partial charge in [0.15, 0.2) is 0 Å². The summed E-state index contributed by atoms with van der Waals surface area (Å²) in [4.78, 5) is 12.8. The van der Waals surface area contributed by atoms with Crippen molar-refractivity contribution in [3.05, 3.63) is 66.0 Å².